The second kappa shape index (κ2) is 4.20. The average molecular weight is 229 g/mol. The molecule has 1 aromatic heterocycles. The smallest absolute Gasteiger partial charge is 0.271 e. The van der Waals surface area contributed by atoms with Gasteiger partial charge in [-0.1, -0.05) is 11.6 Å². The van der Waals surface area contributed by atoms with Gasteiger partial charge in [0.05, 0.1) is 6.33 Å². The van der Waals surface area contributed by atoms with Crippen LogP contribution < -0.4 is 16.2 Å². The van der Waals surface area contributed by atoms with Crippen molar-refractivity contribution in [1.82, 2.24) is 9.97 Å². The van der Waals surface area contributed by atoms with Gasteiger partial charge in [-0.05, 0) is 12.8 Å². The normalized spacial score (nSPS) is 21.7. The number of hydrogen-bond donors (Lipinski definition) is 2. The minimum absolute atomic E-state index is 0.135. The zero-order valence-corrected chi connectivity index (χ0v) is 9.00. The van der Waals surface area contributed by atoms with Crippen LogP contribution in [0.25, 0.3) is 0 Å². The van der Waals surface area contributed by atoms with Crippen molar-refractivity contribution in [2.75, 3.05) is 18.0 Å². The lowest BCUT2D eigenvalue weighted by molar-refractivity contribution is 0.503. The SMILES string of the molecule is NC1CCCN(c2nc[nH]c(=O)c2Cl)C1. The third kappa shape index (κ3) is 2.13. The predicted octanol–water partition coefficient (Wildman–Crippen LogP) is 0.351. The number of hydrogen-bond acceptors (Lipinski definition) is 4. The second-order valence-electron chi connectivity index (χ2n) is 3.72. The van der Waals surface area contributed by atoms with Crippen LogP contribution in [-0.2, 0) is 0 Å². The molecule has 1 saturated heterocycles. The fourth-order valence-electron chi connectivity index (χ4n) is 1.80. The summed E-state index contributed by atoms with van der Waals surface area (Å²) in [7, 11) is 0. The molecule has 3 N–H and O–H groups in total. The van der Waals surface area contributed by atoms with E-state index >= 15 is 0 Å². The molecule has 0 spiro atoms. The Kier molecular flexibility index (Phi) is 2.93. The van der Waals surface area contributed by atoms with Crippen LogP contribution in [-0.4, -0.2) is 29.1 Å². The Balaban J connectivity index is 2.28. The zero-order chi connectivity index (χ0) is 10.8. The standard InChI is InChI=1S/C9H13ClN4O/c10-7-8(12-5-13-9(7)15)14-3-1-2-6(11)4-14/h5-6H,1-4,11H2,(H,12,13,15). The highest BCUT2D eigenvalue weighted by molar-refractivity contribution is 6.32. The van der Waals surface area contributed by atoms with E-state index in [1.807, 2.05) is 4.90 Å². The molecule has 0 aliphatic carbocycles. The topological polar surface area (TPSA) is 75.0 Å². The molecule has 1 aliphatic rings. The molecule has 0 radical (unpaired) electrons. The van der Waals surface area contributed by atoms with Gasteiger partial charge >= 0.3 is 0 Å². The molecule has 1 aromatic rings. The Bertz CT molecular complexity index is 405. The van der Waals surface area contributed by atoms with Crippen LogP contribution in [0, 0.1) is 0 Å². The molecule has 82 valence electrons. The van der Waals surface area contributed by atoms with Crippen LogP contribution in [0.15, 0.2) is 11.1 Å². The average Bonchev–Trinajstić information content (AvgIpc) is 2.22. The van der Waals surface area contributed by atoms with E-state index < -0.39 is 0 Å². The first-order chi connectivity index (χ1) is 7.18. The maximum Gasteiger partial charge on any atom is 0.271 e. The number of nitrogens with one attached hydrogen (secondary N) is 1. The summed E-state index contributed by atoms with van der Waals surface area (Å²) >= 11 is 5.89. The number of rotatable bonds is 1. The summed E-state index contributed by atoms with van der Waals surface area (Å²) in [4.78, 5) is 19.8. The maximum absolute atomic E-state index is 11.3. The fraction of sp³-hybridized carbons (Fsp3) is 0.556. The Morgan fingerprint density at radius 1 is 1.67 bits per heavy atom. The number of anilines is 1. The molecule has 1 atom stereocenters. The minimum Gasteiger partial charge on any atom is -0.354 e. The summed E-state index contributed by atoms with van der Waals surface area (Å²) in [5, 5.41) is 0.145. The highest BCUT2D eigenvalue weighted by Gasteiger charge is 2.20. The quantitative estimate of drug-likeness (QED) is 0.728. The molecular weight excluding hydrogens is 216 g/mol. The molecule has 0 saturated carbocycles. The number of nitrogens with zero attached hydrogens (tertiary/aromatic N) is 2. The van der Waals surface area contributed by atoms with Gasteiger partial charge in [-0.2, -0.15) is 0 Å². The van der Waals surface area contributed by atoms with Crippen LogP contribution in [0.3, 0.4) is 0 Å². The molecular formula is C9H13ClN4O. The van der Waals surface area contributed by atoms with Crippen molar-refractivity contribution in [3.8, 4) is 0 Å². The van der Waals surface area contributed by atoms with Crippen molar-refractivity contribution in [2.45, 2.75) is 18.9 Å². The lowest BCUT2D eigenvalue weighted by Gasteiger charge is -2.31. The number of aromatic nitrogens is 2. The Morgan fingerprint density at radius 3 is 3.20 bits per heavy atom. The Hall–Kier alpha value is -1.07. The van der Waals surface area contributed by atoms with E-state index in [1.54, 1.807) is 0 Å². The number of nitrogens with two attached hydrogens (primary N) is 1. The van der Waals surface area contributed by atoms with E-state index in [0.717, 1.165) is 19.4 Å². The van der Waals surface area contributed by atoms with Crippen LogP contribution in [0.4, 0.5) is 5.82 Å². The summed E-state index contributed by atoms with van der Waals surface area (Å²) in [6.45, 7) is 1.56. The van der Waals surface area contributed by atoms with Gasteiger partial charge in [0, 0.05) is 19.1 Å². The van der Waals surface area contributed by atoms with E-state index in [4.69, 9.17) is 17.3 Å². The zero-order valence-electron chi connectivity index (χ0n) is 8.24. The Morgan fingerprint density at radius 2 is 2.47 bits per heavy atom. The van der Waals surface area contributed by atoms with E-state index in [0.29, 0.717) is 12.4 Å². The van der Waals surface area contributed by atoms with Crippen molar-refractivity contribution in [3.63, 3.8) is 0 Å². The summed E-state index contributed by atoms with van der Waals surface area (Å²) < 4.78 is 0. The van der Waals surface area contributed by atoms with Crippen LogP contribution >= 0.6 is 11.6 Å². The first kappa shape index (κ1) is 10.4. The molecule has 2 heterocycles. The van der Waals surface area contributed by atoms with Gasteiger partial charge < -0.3 is 15.6 Å². The molecule has 2 rings (SSSR count). The van der Waals surface area contributed by atoms with E-state index in [2.05, 4.69) is 9.97 Å². The maximum atomic E-state index is 11.3. The summed E-state index contributed by atoms with van der Waals surface area (Å²) in [5.74, 6) is 0.538. The van der Waals surface area contributed by atoms with Crippen molar-refractivity contribution in [3.05, 3.63) is 21.7 Å². The number of halogens is 1. The largest absolute Gasteiger partial charge is 0.354 e. The third-order valence-corrected chi connectivity index (χ3v) is 2.88. The molecule has 6 heteroatoms. The van der Waals surface area contributed by atoms with Crippen molar-refractivity contribution >= 4 is 17.4 Å². The molecule has 0 bridgehead atoms. The summed E-state index contributed by atoms with van der Waals surface area (Å²) in [6, 6.07) is 0.135. The number of H-pyrrole nitrogens is 1. The van der Waals surface area contributed by atoms with Crippen LogP contribution in [0.5, 0.6) is 0 Å². The van der Waals surface area contributed by atoms with Crippen LogP contribution in [0.1, 0.15) is 12.8 Å². The third-order valence-electron chi connectivity index (χ3n) is 2.54. The van der Waals surface area contributed by atoms with Gasteiger partial charge in [-0.25, -0.2) is 4.98 Å². The fourth-order valence-corrected chi connectivity index (χ4v) is 2.02. The second-order valence-corrected chi connectivity index (χ2v) is 4.10. The molecule has 0 aromatic carbocycles. The van der Waals surface area contributed by atoms with E-state index in [9.17, 15) is 4.79 Å². The van der Waals surface area contributed by atoms with Crippen molar-refractivity contribution in [1.29, 1.82) is 0 Å². The summed E-state index contributed by atoms with van der Waals surface area (Å²) in [5.41, 5.74) is 5.55. The van der Waals surface area contributed by atoms with Crippen molar-refractivity contribution in [2.24, 2.45) is 5.73 Å². The summed E-state index contributed by atoms with van der Waals surface area (Å²) in [6.07, 6.45) is 3.38. The lowest BCUT2D eigenvalue weighted by atomic mass is 10.1. The molecule has 15 heavy (non-hydrogen) atoms. The van der Waals surface area contributed by atoms with Gasteiger partial charge in [0.2, 0.25) is 0 Å². The van der Waals surface area contributed by atoms with Gasteiger partial charge in [0.15, 0.2) is 5.82 Å². The first-order valence-electron chi connectivity index (χ1n) is 4.92. The molecule has 1 aliphatic heterocycles. The highest BCUT2D eigenvalue weighted by atomic mass is 35.5. The van der Waals surface area contributed by atoms with Crippen LogP contribution in [0.2, 0.25) is 5.02 Å². The van der Waals surface area contributed by atoms with E-state index in [1.165, 1.54) is 6.33 Å². The molecule has 5 nitrogen and oxygen atoms in total. The van der Waals surface area contributed by atoms with E-state index in [-0.39, 0.29) is 16.6 Å². The van der Waals surface area contributed by atoms with Gasteiger partial charge in [0.25, 0.3) is 5.56 Å². The van der Waals surface area contributed by atoms with Crippen molar-refractivity contribution < 1.29 is 0 Å². The number of piperidine rings is 1. The monoisotopic (exact) mass is 228 g/mol. The lowest BCUT2D eigenvalue weighted by Crippen LogP contribution is -2.43. The molecule has 1 unspecified atom stereocenters. The predicted molar refractivity (Wildman–Crippen MR) is 59.3 cm³/mol. The minimum atomic E-state index is -0.305. The Labute approximate surface area is 92.3 Å². The molecule has 1 fully saturated rings. The highest BCUT2D eigenvalue weighted by Crippen LogP contribution is 2.21. The van der Waals surface area contributed by atoms with Gasteiger partial charge in [-0.15, -0.1) is 0 Å². The van der Waals surface area contributed by atoms with Gasteiger partial charge in [-0.3, -0.25) is 4.79 Å². The molecule has 0 amide bonds. The first-order valence-corrected chi connectivity index (χ1v) is 5.30. The van der Waals surface area contributed by atoms with Gasteiger partial charge in [0.1, 0.15) is 5.02 Å². The number of aromatic amines is 1.